The predicted molar refractivity (Wildman–Crippen MR) is 90.4 cm³/mol. The van der Waals surface area contributed by atoms with Gasteiger partial charge in [0, 0.05) is 43.5 Å². The van der Waals surface area contributed by atoms with Crippen LogP contribution in [0.1, 0.15) is 32.6 Å². The Labute approximate surface area is 132 Å². The average molecular weight is 305 g/mol. The molecule has 3 N–H and O–H groups in total. The third-order valence-electron chi connectivity index (χ3n) is 4.48. The van der Waals surface area contributed by atoms with Gasteiger partial charge < -0.3 is 20.6 Å². The summed E-state index contributed by atoms with van der Waals surface area (Å²) in [6.07, 6.45) is 4.17. The van der Waals surface area contributed by atoms with Crippen molar-refractivity contribution in [3.05, 3.63) is 24.3 Å². The number of hydrogen-bond donors (Lipinski definition) is 3. The summed E-state index contributed by atoms with van der Waals surface area (Å²) in [5.41, 5.74) is 1.86. The lowest BCUT2D eigenvalue weighted by Crippen LogP contribution is -2.45. The number of aliphatic hydroxyl groups excluding tert-OH is 1. The smallest absolute Gasteiger partial charge is 0.319 e. The molecule has 0 unspecified atom stereocenters. The molecule has 1 aromatic carbocycles. The van der Waals surface area contributed by atoms with Crippen LogP contribution in [0.4, 0.5) is 16.2 Å². The van der Waals surface area contributed by atoms with Gasteiger partial charge in [-0.15, -0.1) is 0 Å². The van der Waals surface area contributed by atoms with E-state index in [-0.39, 0.29) is 24.6 Å². The minimum absolute atomic E-state index is 0.0697. The van der Waals surface area contributed by atoms with Crippen LogP contribution >= 0.6 is 0 Å². The fourth-order valence-electron chi connectivity index (χ4n) is 2.96. The van der Waals surface area contributed by atoms with E-state index in [4.69, 9.17) is 0 Å². The van der Waals surface area contributed by atoms with Gasteiger partial charge in [-0.25, -0.2) is 4.79 Å². The molecule has 122 valence electrons. The molecule has 0 spiro atoms. The van der Waals surface area contributed by atoms with Crippen LogP contribution in [0.3, 0.4) is 0 Å². The summed E-state index contributed by atoms with van der Waals surface area (Å²) in [6, 6.07) is 7.69. The van der Waals surface area contributed by atoms with Gasteiger partial charge in [0.15, 0.2) is 0 Å². The van der Waals surface area contributed by atoms with Gasteiger partial charge in [0.25, 0.3) is 0 Å². The molecule has 0 saturated heterocycles. The number of nitrogens with one attached hydrogen (secondary N) is 2. The number of rotatable bonds is 5. The highest BCUT2D eigenvalue weighted by molar-refractivity contribution is 5.90. The summed E-state index contributed by atoms with van der Waals surface area (Å²) in [5.74, 6) is 0.178. The average Bonchev–Trinajstić information content (AvgIpc) is 2.54. The monoisotopic (exact) mass is 305 g/mol. The Morgan fingerprint density at radius 1 is 1.36 bits per heavy atom. The molecular formula is C17H27N3O2. The van der Waals surface area contributed by atoms with Crippen molar-refractivity contribution < 1.29 is 9.90 Å². The third kappa shape index (κ3) is 4.37. The molecule has 22 heavy (non-hydrogen) atoms. The fourth-order valence-corrected chi connectivity index (χ4v) is 2.96. The van der Waals surface area contributed by atoms with Gasteiger partial charge in [-0.05, 0) is 38.0 Å². The van der Waals surface area contributed by atoms with E-state index in [1.54, 1.807) is 0 Å². The summed E-state index contributed by atoms with van der Waals surface area (Å²) >= 11 is 0. The van der Waals surface area contributed by atoms with Crippen LogP contribution in [-0.2, 0) is 0 Å². The highest BCUT2D eigenvalue weighted by Gasteiger charge is 2.25. The van der Waals surface area contributed by atoms with Crippen LogP contribution in [0, 0.1) is 5.92 Å². The molecule has 0 radical (unpaired) electrons. The second-order valence-corrected chi connectivity index (χ2v) is 6.00. The molecule has 5 nitrogen and oxygen atoms in total. The zero-order valence-electron chi connectivity index (χ0n) is 13.5. The first-order valence-electron chi connectivity index (χ1n) is 8.13. The molecule has 1 aromatic rings. The molecule has 5 heteroatoms. The quantitative estimate of drug-likeness (QED) is 0.784. The van der Waals surface area contributed by atoms with Crippen LogP contribution in [0.5, 0.6) is 0 Å². The lowest BCUT2D eigenvalue weighted by atomic mass is 9.85. The SMILES string of the molecule is CCN(C)c1cccc(NC(=O)N[C@H]2CCCC[C@@H]2CO)c1. The number of anilines is 2. The Hall–Kier alpha value is -1.75. The molecule has 1 aliphatic carbocycles. The van der Waals surface area contributed by atoms with E-state index in [1.807, 2.05) is 31.3 Å². The van der Waals surface area contributed by atoms with Gasteiger partial charge in [-0.1, -0.05) is 18.9 Å². The van der Waals surface area contributed by atoms with Crippen LogP contribution in [-0.4, -0.2) is 37.4 Å². The highest BCUT2D eigenvalue weighted by Crippen LogP contribution is 2.24. The first-order chi connectivity index (χ1) is 10.6. The van der Waals surface area contributed by atoms with E-state index < -0.39 is 0 Å². The molecule has 0 aliphatic heterocycles. The third-order valence-corrected chi connectivity index (χ3v) is 4.48. The Morgan fingerprint density at radius 2 is 2.14 bits per heavy atom. The molecule has 0 bridgehead atoms. The molecule has 2 atom stereocenters. The normalized spacial score (nSPS) is 21.2. The predicted octanol–water partition coefficient (Wildman–Crippen LogP) is 2.82. The molecule has 1 aliphatic rings. The first kappa shape index (κ1) is 16.6. The lowest BCUT2D eigenvalue weighted by Gasteiger charge is -2.30. The van der Waals surface area contributed by atoms with Gasteiger partial charge in [-0.2, -0.15) is 0 Å². The van der Waals surface area contributed by atoms with Crippen molar-refractivity contribution in [1.29, 1.82) is 0 Å². The summed E-state index contributed by atoms with van der Waals surface area (Å²) in [6.45, 7) is 3.14. The van der Waals surface area contributed by atoms with Crippen molar-refractivity contribution in [1.82, 2.24) is 5.32 Å². The van der Waals surface area contributed by atoms with Gasteiger partial charge >= 0.3 is 6.03 Å². The summed E-state index contributed by atoms with van der Waals surface area (Å²) in [7, 11) is 2.02. The van der Waals surface area contributed by atoms with Crippen LogP contribution < -0.4 is 15.5 Å². The van der Waals surface area contributed by atoms with Crippen molar-refractivity contribution in [2.75, 3.05) is 30.4 Å². The maximum atomic E-state index is 12.2. The number of aliphatic hydroxyl groups is 1. The van der Waals surface area contributed by atoms with Crippen molar-refractivity contribution in [3.8, 4) is 0 Å². The minimum atomic E-state index is -0.193. The van der Waals surface area contributed by atoms with E-state index in [1.165, 1.54) is 0 Å². The largest absolute Gasteiger partial charge is 0.396 e. The van der Waals surface area contributed by atoms with E-state index in [9.17, 15) is 9.90 Å². The molecular weight excluding hydrogens is 278 g/mol. The lowest BCUT2D eigenvalue weighted by molar-refractivity contribution is 0.156. The van der Waals surface area contributed by atoms with Crippen molar-refractivity contribution in [2.45, 2.75) is 38.6 Å². The molecule has 1 saturated carbocycles. The molecule has 2 rings (SSSR count). The number of carbonyl (C=O) groups is 1. The van der Waals surface area contributed by atoms with Crippen molar-refractivity contribution >= 4 is 17.4 Å². The molecule has 2 amide bonds. The van der Waals surface area contributed by atoms with Gasteiger partial charge in [0.2, 0.25) is 0 Å². The van der Waals surface area contributed by atoms with E-state index >= 15 is 0 Å². The maximum absolute atomic E-state index is 12.2. The topological polar surface area (TPSA) is 64.6 Å². The van der Waals surface area contributed by atoms with E-state index in [0.717, 1.165) is 43.6 Å². The zero-order valence-corrected chi connectivity index (χ0v) is 13.5. The second-order valence-electron chi connectivity index (χ2n) is 6.00. The molecule has 1 fully saturated rings. The number of urea groups is 1. The van der Waals surface area contributed by atoms with E-state index in [0.29, 0.717) is 0 Å². The minimum Gasteiger partial charge on any atom is -0.396 e. The standard InChI is InChI=1S/C17H27N3O2/c1-3-20(2)15-9-6-8-14(11-15)18-17(22)19-16-10-5-4-7-13(16)12-21/h6,8-9,11,13,16,21H,3-5,7,10,12H2,1-2H3,(H2,18,19,22)/t13-,16+/m1/s1. The van der Waals surface area contributed by atoms with Gasteiger partial charge in [0.05, 0.1) is 0 Å². The van der Waals surface area contributed by atoms with E-state index in [2.05, 4.69) is 22.5 Å². The Balaban J connectivity index is 1.94. The fraction of sp³-hybridized carbons (Fsp3) is 0.588. The number of nitrogens with zero attached hydrogens (tertiary/aromatic N) is 1. The zero-order chi connectivity index (χ0) is 15.9. The summed E-state index contributed by atoms with van der Waals surface area (Å²) < 4.78 is 0. The number of benzene rings is 1. The van der Waals surface area contributed by atoms with Crippen molar-refractivity contribution in [3.63, 3.8) is 0 Å². The van der Waals surface area contributed by atoms with Crippen molar-refractivity contribution in [2.24, 2.45) is 5.92 Å². The Morgan fingerprint density at radius 3 is 2.86 bits per heavy atom. The Bertz CT molecular complexity index is 493. The number of carbonyl (C=O) groups excluding carboxylic acids is 1. The highest BCUT2D eigenvalue weighted by atomic mass is 16.3. The number of hydrogen-bond acceptors (Lipinski definition) is 3. The second kappa shape index (κ2) is 8.03. The van der Waals surface area contributed by atoms with Gasteiger partial charge in [-0.3, -0.25) is 0 Å². The molecule has 0 heterocycles. The molecule has 0 aromatic heterocycles. The summed E-state index contributed by atoms with van der Waals surface area (Å²) in [5, 5.41) is 15.3. The number of amides is 2. The van der Waals surface area contributed by atoms with Crippen LogP contribution in [0.15, 0.2) is 24.3 Å². The Kier molecular flexibility index (Phi) is 6.07. The maximum Gasteiger partial charge on any atom is 0.319 e. The van der Waals surface area contributed by atoms with Crippen LogP contribution in [0.2, 0.25) is 0 Å². The van der Waals surface area contributed by atoms with Gasteiger partial charge in [0.1, 0.15) is 0 Å². The summed E-state index contributed by atoms with van der Waals surface area (Å²) in [4.78, 5) is 14.3. The van der Waals surface area contributed by atoms with Crippen LogP contribution in [0.25, 0.3) is 0 Å². The first-order valence-corrected chi connectivity index (χ1v) is 8.13.